The number of hydrogen-bond donors (Lipinski definition) is 2. The quantitative estimate of drug-likeness (QED) is 0.740. The zero-order valence-electron chi connectivity index (χ0n) is 12.4. The molecule has 2 rings (SSSR count). The molecule has 19 heavy (non-hydrogen) atoms. The van der Waals surface area contributed by atoms with Gasteiger partial charge >= 0.3 is 0 Å². The fourth-order valence-electron chi connectivity index (χ4n) is 2.57. The fourth-order valence-corrected chi connectivity index (χ4v) is 2.57. The van der Waals surface area contributed by atoms with Gasteiger partial charge in [-0.05, 0) is 33.6 Å². The van der Waals surface area contributed by atoms with Gasteiger partial charge in [-0.2, -0.15) is 0 Å². The monoisotopic (exact) mass is 269 g/mol. The molecule has 0 aromatic rings. The van der Waals surface area contributed by atoms with Gasteiger partial charge in [-0.1, -0.05) is 0 Å². The van der Waals surface area contributed by atoms with Crippen LogP contribution in [0.25, 0.3) is 0 Å². The lowest BCUT2D eigenvalue weighted by Crippen LogP contribution is -2.55. The highest BCUT2D eigenvalue weighted by Gasteiger charge is 2.30. The highest BCUT2D eigenvalue weighted by molar-refractivity contribution is 5.81. The predicted octanol–water partition coefficient (Wildman–Crippen LogP) is 0.0420. The van der Waals surface area contributed by atoms with Gasteiger partial charge in [0, 0.05) is 38.8 Å². The van der Waals surface area contributed by atoms with Crippen molar-refractivity contribution >= 4 is 5.91 Å². The Hall–Kier alpha value is -0.650. The molecule has 0 aromatic heterocycles. The third-order valence-electron chi connectivity index (χ3n) is 3.87. The first-order valence-corrected chi connectivity index (χ1v) is 7.34. The van der Waals surface area contributed by atoms with Crippen LogP contribution in [0.1, 0.15) is 33.6 Å². The number of β-amino-alcohol motifs (C(OH)–C–C–N with tert-alkyl or cyclic N) is 1. The molecule has 110 valence electrons. The van der Waals surface area contributed by atoms with Crippen molar-refractivity contribution in [3.8, 4) is 0 Å². The van der Waals surface area contributed by atoms with E-state index in [0.29, 0.717) is 12.6 Å². The van der Waals surface area contributed by atoms with Crippen LogP contribution in [0.5, 0.6) is 0 Å². The first-order chi connectivity index (χ1) is 8.85. The third-order valence-corrected chi connectivity index (χ3v) is 3.87. The van der Waals surface area contributed by atoms with Crippen LogP contribution in [0.4, 0.5) is 0 Å². The van der Waals surface area contributed by atoms with Gasteiger partial charge in [0.15, 0.2) is 0 Å². The molecule has 1 aliphatic carbocycles. The summed E-state index contributed by atoms with van der Waals surface area (Å²) in [4.78, 5) is 16.5. The summed E-state index contributed by atoms with van der Waals surface area (Å²) in [5, 5.41) is 12.9. The summed E-state index contributed by atoms with van der Waals surface area (Å²) < 4.78 is 0. The minimum Gasteiger partial charge on any atom is -0.389 e. The first kappa shape index (κ1) is 14.8. The maximum atomic E-state index is 12.0. The van der Waals surface area contributed by atoms with Crippen molar-refractivity contribution in [1.29, 1.82) is 0 Å². The van der Waals surface area contributed by atoms with Gasteiger partial charge in [0.25, 0.3) is 0 Å². The van der Waals surface area contributed by atoms with Crippen LogP contribution in [-0.4, -0.2) is 71.2 Å². The summed E-state index contributed by atoms with van der Waals surface area (Å²) in [6, 6.07) is 0.399. The van der Waals surface area contributed by atoms with Crippen LogP contribution < -0.4 is 5.32 Å². The summed E-state index contributed by atoms with van der Waals surface area (Å²) in [5.41, 5.74) is -0.642. The van der Waals surface area contributed by atoms with E-state index in [1.54, 1.807) is 0 Å². The second-order valence-corrected chi connectivity index (χ2v) is 6.58. The van der Waals surface area contributed by atoms with Crippen molar-refractivity contribution in [3.05, 3.63) is 0 Å². The maximum absolute atomic E-state index is 12.0. The molecule has 1 amide bonds. The number of carbonyl (C=O) groups excluding carboxylic acids is 1. The normalized spacial score (nSPS) is 24.2. The molecule has 0 spiro atoms. The molecule has 1 unspecified atom stereocenters. The molecule has 1 atom stereocenters. The van der Waals surface area contributed by atoms with Crippen LogP contribution in [0, 0.1) is 0 Å². The zero-order valence-corrected chi connectivity index (χ0v) is 12.4. The predicted molar refractivity (Wildman–Crippen MR) is 74.9 cm³/mol. The third kappa shape index (κ3) is 4.75. The Bertz CT molecular complexity index is 315. The van der Waals surface area contributed by atoms with Gasteiger partial charge in [0.1, 0.15) is 0 Å². The Kier molecular flexibility index (Phi) is 4.48. The Balaban J connectivity index is 1.74. The average molecular weight is 269 g/mol. The van der Waals surface area contributed by atoms with Crippen molar-refractivity contribution in [2.24, 2.45) is 0 Å². The average Bonchev–Trinajstić information content (AvgIpc) is 3.11. The van der Waals surface area contributed by atoms with Crippen LogP contribution >= 0.6 is 0 Å². The number of aliphatic hydroxyl groups is 1. The van der Waals surface area contributed by atoms with E-state index >= 15 is 0 Å². The topological polar surface area (TPSA) is 55.8 Å². The van der Waals surface area contributed by atoms with Gasteiger partial charge in [-0.3, -0.25) is 14.6 Å². The smallest absolute Gasteiger partial charge is 0.237 e. The van der Waals surface area contributed by atoms with Gasteiger partial charge < -0.3 is 10.4 Å². The van der Waals surface area contributed by atoms with Crippen molar-refractivity contribution in [2.45, 2.75) is 51.3 Å². The van der Waals surface area contributed by atoms with Crippen molar-refractivity contribution in [3.63, 3.8) is 0 Å². The molecule has 0 bridgehead atoms. The number of nitrogens with one attached hydrogen (secondary N) is 1. The molecule has 2 aliphatic rings. The van der Waals surface area contributed by atoms with Gasteiger partial charge in [0.2, 0.25) is 5.91 Å². The highest BCUT2D eigenvalue weighted by Crippen LogP contribution is 2.19. The Morgan fingerprint density at radius 1 is 1.32 bits per heavy atom. The molecule has 5 nitrogen and oxygen atoms in total. The molecule has 2 N–H and O–H groups in total. The molecule has 1 saturated carbocycles. The lowest BCUT2D eigenvalue weighted by atomic mass is 10.1. The van der Waals surface area contributed by atoms with E-state index in [4.69, 9.17) is 0 Å². The summed E-state index contributed by atoms with van der Waals surface area (Å²) in [6.07, 6.45) is 2.27. The molecule has 1 aliphatic heterocycles. The van der Waals surface area contributed by atoms with Crippen molar-refractivity contribution in [2.75, 3.05) is 32.7 Å². The molecular weight excluding hydrogens is 242 g/mol. The standard InChI is InChI=1S/C14H27N3O2/c1-11(13(18)15-12-4-5-12)17-8-6-16(7-9-17)10-14(2,3)19/h11-12,19H,4-10H2,1-3H3,(H,15,18). The Labute approximate surface area is 115 Å². The van der Waals surface area contributed by atoms with Crippen LogP contribution in [-0.2, 0) is 4.79 Å². The minimum atomic E-state index is -0.642. The van der Waals surface area contributed by atoms with Crippen LogP contribution in [0.15, 0.2) is 0 Å². The molecule has 1 heterocycles. The molecule has 5 heteroatoms. The van der Waals surface area contributed by atoms with Gasteiger partial charge in [-0.25, -0.2) is 0 Å². The summed E-state index contributed by atoms with van der Waals surface area (Å²) >= 11 is 0. The van der Waals surface area contributed by atoms with E-state index in [9.17, 15) is 9.90 Å². The maximum Gasteiger partial charge on any atom is 0.237 e. The van der Waals surface area contributed by atoms with E-state index in [0.717, 1.165) is 39.0 Å². The number of carbonyl (C=O) groups is 1. The first-order valence-electron chi connectivity index (χ1n) is 7.34. The number of nitrogens with zero attached hydrogens (tertiary/aromatic N) is 2. The molecule has 0 aromatic carbocycles. The molecule has 2 fully saturated rings. The fraction of sp³-hybridized carbons (Fsp3) is 0.929. The van der Waals surface area contributed by atoms with Gasteiger partial charge in [-0.15, -0.1) is 0 Å². The Morgan fingerprint density at radius 2 is 1.89 bits per heavy atom. The zero-order chi connectivity index (χ0) is 14.0. The van der Waals surface area contributed by atoms with Gasteiger partial charge in [0.05, 0.1) is 11.6 Å². The summed E-state index contributed by atoms with van der Waals surface area (Å²) in [7, 11) is 0. The molecule has 0 radical (unpaired) electrons. The molecule has 1 saturated heterocycles. The van der Waals surface area contributed by atoms with Crippen molar-refractivity contribution < 1.29 is 9.90 Å². The van der Waals surface area contributed by atoms with E-state index in [2.05, 4.69) is 15.1 Å². The number of piperazine rings is 1. The highest BCUT2D eigenvalue weighted by atomic mass is 16.3. The second kappa shape index (κ2) is 5.77. The molecular formula is C14H27N3O2. The largest absolute Gasteiger partial charge is 0.389 e. The number of amides is 1. The number of hydrogen-bond acceptors (Lipinski definition) is 4. The Morgan fingerprint density at radius 3 is 2.37 bits per heavy atom. The van der Waals surface area contributed by atoms with Crippen molar-refractivity contribution in [1.82, 2.24) is 15.1 Å². The van der Waals surface area contributed by atoms with E-state index in [-0.39, 0.29) is 11.9 Å². The van der Waals surface area contributed by atoms with E-state index < -0.39 is 5.60 Å². The summed E-state index contributed by atoms with van der Waals surface area (Å²) in [5.74, 6) is 0.165. The van der Waals surface area contributed by atoms with E-state index in [1.165, 1.54) is 0 Å². The summed E-state index contributed by atoms with van der Waals surface area (Å²) in [6.45, 7) is 10.0. The minimum absolute atomic E-state index is 0.0371. The van der Waals surface area contributed by atoms with Crippen LogP contribution in [0.3, 0.4) is 0 Å². The SMILES string of the molecule is CC(C(=O)NC1CC1)N1CCN(CC(C)(C)O)CC1. The van der Waals surface area contributed by atoms with Crippen LogP contribution in [0.2, 0.25) is 0 Å². The van der Waals surface area contributed by atoms with E-state index in [1.807, 2.05) is 20.8 Å². The lowest BCUT2D eigenvalue weighted by molar-refractivity contribution is -0.126. The second-order valence-electron chi connectivity index (χ2n) is 6.58. The lowest BCUT2D eigenvalue weighted by Gasteiger charge is -2.39. The number of rotatable bonds is 5.